The highest BCUT2D eigenvalue weighted by Gasteiger charge is 2.17. The summed E-state index contributed by atoms with van der Waals surface area (Å²) >= 11 is 0. The van der Waals surface area contributed by atoms with Gasteiger partial charge in [0.2, 0.25) is 5.91 Å². The Balaban J connectivity index is 1.91. The molecule has 1 aromatic carbocycles. The summed E-state index contributed by atoms with van der Waals surface area (Å²) in [4.78, 5) is 29.5. The third kappa shape index (κ3) is 4.43. The van der Waals surface area contributed by atoms with Crippen LogP contribution >= 0.6 is 0 Å². The van der Waals surface area contributed by atoms with Crippen molar-refractivity contribution in [3.05, 3.63) is 42.5 Å². The van der Waals surface area contributed by atoms with Crippen molar-refractivity contribution in [3.63, 3.8) is 0 Å². The fraction of sp³-hybridized carbons (Fsp3) is 0.214. The first kappa shape index (κ1) is 14.7. The molecular formula is C14H16N4O3. The van der Waals surface area contributed by atoms with E-state index in [0.717, 1.165) is 0 Å². The Morgan fingerprint density at radius 1 is 1.38 bits per heavy atom. The van der Waals surface area contributed by atoms with Crippen molar-refractivity contribution in [2.45, 2.75) is 19.4 Å². The van der Waals surface area contributed by atoms with Crippen LogP contribution in [-0.2, 0) is 16.0 Å². The molecule has 7 heteroatoms. The van der Waals surface area contributed by atoms with Crippen LogP contribution in [0.2, 0.25) is 0 Å². The van der Waals surface area contributed by atoms with Crippen LogP contribution in [0.25, 0.3) is 0 Å². The fourth-order valence-corrected chi connectivity index (χ4v) is 1.71. The number of anilines is 1. The number of benzene rings is 1. The summed E-state index contributed by atoms with van der Waals surface area (Å²) in [6.45, 7) is 1.42. The lowest BCUT2D eigenvalue weighted by Crippen LogP contribution is -2.36. The summed E-state index contributed by atoms with van der Waals surface area (Å²) in [6.07, 6.45) is 3.50. The third-order valence-electron chi connectivity index (χ3n) is 2.68. The van der Waals surface area contributed by atoms with Gasteiger partial charge in [-0.3, -0.25) is 4.79 Å². The zero-order valence-electron chi connectivity index (χ0n) is 11.5. The minimum atomic E-state index is -0.789. The van der Waals surface area contributed by atoms with E-state index in [1.165, 1.54) is 13.3 Å². The van der Waals surface area contributed by atoms with E-state index in [2.05, 4.69) is 15.3 Å². The summed E-state index contributed by atoms with van der Waals surface area (Å²) in [5.41, 5.74) is 7.09. The first-order valence-corrected chi connectivity index (χ1v) is 6.37. The number of aromatic nitrogens is 2. The monoisotopic (exact) mass is 288 g/mol. The average molecular weight is 288 g/mol. The molecule has 110 valence electrons. The molecule has 0 spiro atoms. The molecule has 1 heterocycles. The molecule has 1 aromatic heterocycles. The predicted molar refractivity (Wildman–Crippen MR) is 76.6 cm³/mol. The summed E-state index contributed by atoms with van der Waals surface area (Å²) in [6, 6.07) is 5.67. The number of aromatic amines is 1. The van der Waals surface area contributed by atoms with Gasteiger partial charge in [-0.15, -0.1) is 0 Å². The largest absolute Gasteiger partial charge is 0.425 e. The van der Waals surface area contributed by atoms with Crippen molar-refractivity contribution >= 4 is 17.6 Å². The second-order valence-electron chi connectivity index (χ2n) is 4.50. The molecule has 1 atom stereocenters. The summed E-state index contributed by atoms with van der Waals surface area (Å²) < 4.78 is 5.17. The van der Waals surface area contributed by atoms with Gasteiger partial charge >= 0.3 is 5.97 Å². The van der Waals surface area contributed by atoms with Gasteiger partial charge in [-0.1, -0.05) is 0 Å². The molecule has 0 aliphatic rings. The number of nitrogens with zero attached hydrogens (tertiary/aromatic N) is 1. The molecular weight excluding hydrogens is 272 g/mol. The van der Waals surface area contributed by atoms with Crippen LogP contribution in [0.5, 0.6) is 5.75 Å². The van der Waals surface area contributed by atoms with Gasteiger partial charge in [0.05, 0.1) is 12.0 Å². The van der Waals surface area contributed by atoms with Crippen LogP contribution < -0.4 is 15.8 Å². The van der Waals surface area contributed by atoms with Gasteiger partial charge < -0.3 is 20.8 Å². The zero-order valence-corrected chi connectivity index (χ0v) is 11.5. The smallest absolute Gasteiger partial charge is 0.328 e. The molecule has 0 saturated heterocycles. The number of carbonyl (C=O) groups excluding carboxylic acids is 2. The van der Waals surface area contributed by atoms with Gasteiger partial charge in [-0.25, -0.2) is 9.78 Å². The molecule has 0 aliphatic heterocycles. The number of nitrogens with two attached hydrogens (primary N) is 1. The number of nitrogens with one attached hydrogen (secondary N) is 2. The number of imidazole rings is 1. The number of ether oxygens (including phenoxy) is 1. The molecule has 2 rings (SSSR count). The summed E-state index contributed by atoms with van der Waals surface area (Å²) in [7, 11) is 0. The number of esters is 1. The maximum absolute atomic E-state index is 11.8. The van der Waals surface area contributed by atoms with Crippen molar-refractivity contribution in [2.24, 2.45) is 5.73 Å². The van der Waals surface area contributed by atoms with Crippen LogP contribution in [0.4, 0.5) is 5.69 Å². The Morgan fingerprint density at radius 2 is 2.10 bits per heavy atom. The quantitative estimate of drug-likeness (QED) is 0.558. The second kappa shape index (κ2) is 6.67. The van der Waals surface area contributed by atoms with Crippen molar-refractivity contribution in [1.29, 1.82) is 0 Å². The second-order valence-corrected chi connectivity index (χ2v) is 4.50. The minimum absolute atomic E-state index is 0.166. The molecule has 4 N–H and O–H groups in total. The Kier molecular flexibility index (Phi) is 4.68. The van der Waals surface area contributed by atoms with E-state index in [4.69, 9.17) is 10.5 Å². The molecule has 0 aliphatic carbocycles. The number of amides is 1. The number of hydrogen-bond acceptors (Lipinski definition) is 5. The van der Waals surface area contributed by atoms with Crippen molar-refractivity contribution < 1.29 is 14.3 Å². The van der Waals surface area contributed by atoms with Crippen LogP contribution in [0.1, 0.15) is 12.6 Å². The number of hydrogen-bond donors (Lipinski definition) is 3. The Bertz CT molecular complexity index is 608. The predicted octanol–water partition coefficient (Wildman–Crippen LogP) is 0.843. The highest BCUT2D eigenvalue weighted by Crippen LogP contribution is 2.16. The Hall–Kier alpha value is -2.67. The van der Waals surface area contributed by atoms with Crippen LogP contribution in [-0.4, -0.2) is 27.9 Å². The van der Waals surface area contributed by atoms with Crippen molar-refractivity contribution in [3.8, 4) is 5.75 Å². The van der Waals surface area contributed by atoms with Gasteiger partial charge in [0.1, 0.15) is 11.8 Å². The number of rotatable bonds is 5. The fourth-order valence-electron chi connectivity index (χ4n) is 1.71. The van der Waals surface area contributed by atoms with E-state index in [1.807, 2.05) is 0 Å². The lowest BCUT2D eigenvalue weighted by molar-refractivity contribution is -0.135. The molecule has 0 saturated carbocycles. The molecule has 21 heavy (non-hydrogen) atoms. The van der Waals surface area contributed by atoms with E-state index in [1.54, 1.807) is 30.5 Å². The van der Waals surface area contributed by atoms with Crippen molar-refractivity contribution in [2.75, 3.05) is 5.32 Å². The standard InChI is InChI=1S/C14H16N4O3/c1-9(19)18-10-2-4-12(5-3-10)21-14(20)13(15)6-11-7-16-8-17-11/h2-5,7-8,13H,6,15H2,1H3,(H,16,17)(H,18,19). The summed E-state index contributed by atoms with van der Waals surface area (Å²) in [5.74, 6) is -0.336. The molecule has 0 bridgehead atoms. The van der Waals surface area contributed by atoms with Crippen LogP contribution in [0.15, 0.2) is 36.8 Å². The molecule has 2 aromatic rings. The SMILES string of the molecule is CC(=O)Nc1ccc(OC(=O)C(N)Cc2c[nH]cn2)cc1. The van der Waals surface area contributed by atoms with Gasteiger partial charge in [0.25, 0.3) is 0 Å². The molecule has 7 nitrogen and oxygen atoms in total. The van der Waals surface area contributed by atoms with Gasteiger partial charge in [-0.2, -0.15) is 0 Å². The van der Waals surface area contributed by atoms with E-state index in [9.17, 15) is 9.59 Å². The number of carbonyl (C=O) groups is 2. The van der Waals surface area contributed by atoms with E-state index < -0.39 is 12.0 Å². The van der Waals surface area contributed by atoms with Crippen molar-refractivity contribution in [1.82, 2.24) is 9.97 Å². The zero-order chi connectivity index (χ0) is 15.2. The van der Waals surface area contributed by atoms with Gasteiger partial charge in [0, 0.05) is 25.2 Å². The number of H-pyrrole nitrogens is 1. The average Bonchev–Trinajstić information content (AvgIpc) is 2.93. The lowest BCUT2D eigenvalue weighted by Gasteiger charge is -2.10. The summed E-state index contributed by atoms with van der Waals surface area (Å²) in [5, 5.41) is 2.62. The Morgan fingerprint density at radius 3 is 2.67 bits per heavy atom. The highest BCUT2D eigenvalue weighted by atomic mass is 16.5. The van der Waals surface area contributed by atoms with Crippen LogP contribution in [0, 0.1) is 0 Å². The van der Waals surface area contributed by atoms with Crippen LogP contribution in [0.3, 0.4) is 0 Å². The normalized spacial score (nSPS) is 11.7. The highest BCUT2D eigenvalue weighted by molar-refractivity contribution is 5.88. The Labute approximate surface area is 121 Å². The maximum Gasteiger partial charge on any atom is 0.328 e. The molecule has 1 amide bonds. The first-order valence-electron chi connectivity index (χ1n) is 6.37. The van der Waals surface area contributed by atoms with Gasteiger partial charge in [0.15, 0.2) is 0 Å². The molecule has 0 fully saturated rings. The molecule has 1 unspecified atom stereocenters. The lowest BCUT2D eigenvalue weighted by atomic mass is 10.2. The van der Waals surface area contributed by atoms with E-state index in [0.29, 0.717) is 23.6 Å². The van der Waals surface area contributed by atoms with E-state index >= 15 is 0 Å². The molecule has 0 radical (unpaired) electrons. The minimum Gasteiger partial charge on any atom is -0.425 e. The van der Waals surface area contributed by atoms with E-state index in [-0.39, 0.29) is 5.91 Å². The first-order chi connectivity index (χ1) is 10.0. The third-order valence-corrected chi connectivity index (χ3v) is 2.68. The van der Waals surface area contributed by atoms with Gasteiger partial charge in [-0.05, 0) is 24.3 Å². The topological polar surface area (TPSA) is 110 Å². The maximum atomic E-state index is 11.8.